The van der Waals surface area contributed by atoms with Crippen LogP contribution in [0.15, 0.2) is 0 Å². The molecular formula is C17H35N3. The minimum absolute atomic E-state index is 0.260. The molecule has 2 saturated heterocycles. The van der Waals surface area contributed by atoms with Gasteiger partial charge >= 0.3 is 0 Å². The number of rotatable bonds is 6. The van der Waals surface area contributed by atoms with Gasteiger partial charge in [0.1, 0.15) is 0 Å². The molecule has 118 valence electrons. The van der Waals surface area contributed by atoms with E-state index >= 15 is 0 Å². The highest BCUT2D eigenvalue weighted by Gasteiger charge is 2.25. The topological polar surface area (TPSA) is 18.5 Å². The van der Waals surface area contributed by atoms with E-state index in [0.717, 1.165) is 11.8 Å². The van der Waals surface area contributed by atoms with Gasteiger partial charge in [-0.25, -0.2) is 0 Å². The largest absolute Gasteiger partial charge is 0.312 e. The molecule has 0 aromatic heterocycles. The van der Waals surface area contributed by atoms with Crippen LogP contribution in [0, 0.1) is 11.8 Å². The van der Waals surface area contributed by atoms with E-state index in [1.807, 2.05) is 0 Å². The first-order valence-corrected chi connectivity index (χ1v) is 8.62. The monoisotopic (exact) mass is 281 g/mol. The number of hydrogen-bond donors (Lipinski definition) is 1. The predicted octanol–water partition coefficient (Wildman–Crippen LogP) is 2.43. The molecule has 2 aliphatic heterocycles. The lowest BCUT2D eigenvalue weighted by Gasteiger charge is -2.26. The number of likely N-dealkylation sites (tertiary alicyclic amines) is 2. The molecule has 2 aliphatic rings. The van der Waals surface area contributed by atoms with Crippen LogP contribution in [0.3, 0.4) is 0 Å². The average molecular weight is 281 g/mol. The minimum Gasteiger partial charge on any atom is -0.312 e. The van der Waals surface area contributed by atoms with Crippen molar-refractivity contribution in [3.63, 3.8) is 0 Å². The lowest BCUT2D eigenvalue weighted by molar-refractivity contribution is 0.220. The summed E-state index contributed by atoms with van der Waals surface area (Å²) in [5.74, 6) is 1.68. The van der Waals surface area contributed by atoms with Gasteiger partial charge in [-0.05, 0) is 78.0 Å². The highest BCUT2D eigenvalue weighted by molar-refractivity contribution is 4.82. The molecule has 0 saturated carbocycles. The van der Waals surface area contributed by atoms with Gasteiger partial charge in [0.25, 0.3) is 0 Å². The van der Waals surface area contributed by atoms with Crippen LogP contribution in [-0.4, -0.2) is 61.2 Å². The molecule has 2 unspecified atom stereocenters. The van der Waals surface area contributed by atoms with Crippen LogP contribution in [0.1, 0.15) is 47.0 Å². The highest BCUT2D eigenvalue weighted by atomic mass is 15.2. The molecule has 0 aromatic carbocycles. The second kappa shape index (κ2) is 7.24. The number of nitrogens with zero attached hydrogens (tertiary/aromatic N) is 2. The second-order valence-electron chi connectivity index (χ2n) is 8.16. The fourth-order valence-corrected chi connectivity index (χ4v) is 3.60. The molecular weight excluding hydrogens is 246 g/mol. The van der Waals surface area contributed by atoms with Crippen molar-refractivity contribution in [2.45, 2.75) is 52.5 Å². The molecule has 0 aliphatic carbocycles. The average Bonchev–Trinajstić information content (AvgIpc) is 2.97. The maximum atomic E-state index is 3.66. The molecule has 0 amide bonds. The standard InChI is InChI=1S/C17H35N3/c1-15(12-19-8-5-6-9-19)13-20-10-7-16(14-20)11-18-17(2,3)4/h15-16,18H,5-14H2,1-4H3. The molecule has 0 aromatic rings. The molecule has 3 heteroatoms. The van der Waals surface area contributed by atoms with Crippen LogP contribution in [0.5, 0.6) is 0 Å². The summed E-state index contributed by atoms with van der Waals surface area (Å²) in [6, 6.07) is 0. The first kappa shape index (κ1) is 16.3. The first-order chi connectivity index (χ1) is 9.42. The van der Waals surface area contributed by atoms with Gasteiger partial charge in [-0.2, -0.15) is 0 Å². The van der Waals surface area contributed by atoms with Crippen LogP contribution in [-0.2, 0) is 0 Å². The van der Waals surface area contributed by atoms with Crippen LogP contribution >= 0.6 is 0 Å². The molecule has 1 N–H and O–H groups in total. The summed E-state index contributed by atoms with van der Waals surface area (Å²) in [5.41, 5.74) is 0.260. The van der Waals surface area contributed by atoms with Gasteiger partial charge in [-0.1, -0.05) is 6.92 Å². The van der Waals surface area contributed by atoms with Gasteiger partial charge in [0.2, 0.25) is 0 Å². The molecule has 2 rings (SSSR count). The Morgan fingerprint density at radius 3 is 2.35 bits per heavy atom. The quantitative estimate of drug-likeness (QED) is 0.807. The van der Waals surface area contributed by atoms with Crippen LogP contribution < -0.4 is 5.32 Å². The molecule has 20 heavy (non-hydrogen) atoms. The number of hydrogen-bond acceptors (Lipinski definition) is 3. The van der Waals surface area contributed by atoms with Gasteiger partial charge in [-0.3, -0.25) is 0 Å². The van der Waals surface area contributed by atoms with Crippen LogP contribution in [0.25, 0.3) is 0 Å². The lowest BCUT2D eigenvalue weighted by Crippen LogP contribution is -2.40. The van der Waals surface area contributed by atoms with E-state index in [4.69, 9.17) is 0 Å². The summed E-state index contributed by atoms with van der Waals surface area (Å²) >= 11 is 0. The van der Waals surface area contributed by atoms with Crippen LogP contribution in [0.2, 0.25) is 0 Å². The molecule has 0 bridgehead atoms. The van der Waals surface area contributed by atoms with Crippen molar-refractivity contribution in [2.75, 3.05) is 45.8 Å². The van der Waals surface area contributed by atoms with E-state index in [2.05, 4.69) is 42.8 Å². The Balaban J connectivity index is 1.62. The Hall–Kier alpha value is -0.120. The van der Waals surface area contributed by atoms with Crippen molar-refractivity contribution < 1.29 is 0 Å². The van der Waals surface area contributed by atoms with E-state index < -0.39 is 0 Å². The Bertz CT molecular complexity index is 278. The normalized spacial score (nSPS) is 27.3. The zero-order chi connectivity index (χ0) is 14.6. The summed E-state index contributed by atoms with van der Waals surface area (Å²) in [6.07, 6.45) is 4.20. The molecule has 0 radical (unpaired) electrons. The molecule has 2 heterocycles. The zero-order valence-corrected chi connectivity index (χ0v) is 14.1. The minimum atomic E-state index is 0.260. The maximum absolute atomic E-state index is 3.66. The van der Waals surface area contributed by atoms with Crippen molar-refractivity contribution in [3.05, 3.63) is 0 Å². The summed E-state index contributed by atoms with van der Waals surface area (Å²) in [5, 5.41) is 3.66. The Morgan fingerprint density at radius 2 is 1.70 bits per heavy atom. The third kappa shape index (κ3) is 5.71. The maximum Gasteiger partial charge on any atom is 0.00966 e. The third-order valence-corrected chi connectivity index (χ3v) is 4.63. The molecule has 2 fully saturated rings. The lowest BCUT2D eigenvalue weighted by atomic mass is 10.1. The van der Waals surface area contributed by atoms with Crippen molar-refractivity contribution in [2.24, 2.45) is 11.8 Å². The Kier molecular flexibility index (Phi) is 5.88. The predicted molar refractivity (Wildman–Crippen MR) is 87.1 cm³/mol. The smallest absolute Gasteiger partial charge is 0.00966 e. The second-order valence-corrected chi connectivity index (χ2v) is 8.16. The van der Waals surface area contributed by atoms with Crippen molar-refractivity contribution in [1.29, 1.82) is 0 Å². The summed E-state index contributed by atoms with van der Waals surface area (Å²) < 4.78 is 0. The van der Waals surface area contributed by atoms with E-state index in [9.17, 15) is 0 Å². The number of nitrogens with one attached hydrogen (secondary N) is 1. The SMILES string of the molecule is CC(CN1CCCC1)CN1CCC(CNC(C)(C)C)C1. The van der Waals surface area contributed by atoms with Gasteiger partial charge in [-0.15, -0.1) is 0 Å². The van der Waals surface area contributed by atoms with E-state index in [1.54, 1.807) is 0 Å². The fourth-order valence-electron chi connectivity index (χ4n) is 3.60. The fraction of sp³-hybridized carbons (Fsp3) is 1.00. The van der Waals surface area contributed by atoms with E-state index in [-0.39, 0.29) is 5.54 Å². The highest BCUT2D eigenvalue weighted by Crippen LogP contribution is 2.19. The molecule has 0 spiro atoms. The Labute approximate surface area is 126 Å². The summed E-state index contributed by atoms with van der Waals surface area (Å²) in [7, 11) is 0. The third-order valence-electron chi connectivity index (χ3n) is 4.63. The van der Waals surface area contributed by atoms with Crippen LogP contribution in [0.4, 0.5) is 0 Å². The Morgan fingerprint density at radius 1 is 1.05 bits per heavy atom. The van der Waals surface area contributed by atoms with E-state index in [1.165, 1.54) is 65.1 Å². The summed E-state index contributed by atoms with van der Waals surface area (Å²) in [6.45, 7) is 18.3. The van der Waals surface area contributed by atoms with Crippen molar-refractivity contribution in [1.82, 2.24) is 15.1 Å². The van der Waals surface area contributed by atoms with E-state index in [0.29, 0.717) is 0 Å². The zero-order valence-electron chi connectivity index (χ0n) is 14.1. The first-order valence-electron chi connectivity index (χ1n) is 8.62. The van der Waals surface area contributed by atoms with Crippen molar-refractivity contribution in [3.8, 4) is 0 Å². The van der Waals surface area contributed by atoms with Crippen molar-refractivity contribution >= 4 is 0 Å². The van der Waals surface area contributed by atoms with Gasteiger partial charge in [0.15, 0.2) is 0 Å². The van der Waals surface area contributed by atoms with Gasteiger partial charge < -0.3 is 15.1 Å². The molecule has 2 atom stereocenters. The van der Waals surface area contributed by atoms with Gasteiger partial charge in [0, 0.05) is 25.2 Å². The van der Waals surface area contributed by atoms with Gasteiger partial charge in [0.05, 0.1) is 0 Å². The summed E-state index contributed by atoms with van der Waals surface area (Å²) in [4.78, 5) is 5.34. The molecule has 3 nitrogen and oxygen atoms in total.